The fraction of sp³-hybridized carbons (Fsp3) is 0.722. The van der Waals surface area contributed by atoms with E-state index in [0.29, 0.717) is 6.20 Å². The van der Waals surface area contributed by atoms with E-state index in [1.165, 1.54) is 0 Å². The zero-order valence-electron chi connectivity index (χ0n) is 15.3. The van der Waals surface area contributed by atoms with Gasteiger partial charge in [0.25, 0.3) is 0 Å². The van der Waals surface area contributed by atoms with Crippen molar-refractivity contribution in [3.05, 3.63) is 17.5 Å². The van der Waals surface area contributed by atoms with E-state index in [2.05, 4.69) is 20.0 Å². The second-order valence-corrected chi connectivity index (χ2v) is 9.10. The summed E-state index contributed by atoms with van der Waals surface area (Å²) in [6.45, 7) is 0. The summed E-state index contributed by atoms with van der Waals surface area (Å²) in [6.07, 6.45) is -5.70. The summed E-state index contributed by atoms with van der Waals surface area (Å²) in [6, 6.07) is 0. The van der Waals surface area contributed by atoms with Gasteiger partial charge >= 0.3 is 12.1 Å². The lowest BCUT2D eigenvalue weighted by Gasteiger charge is -2.70. The molecule has 0 saturated heterocycles. The first kappa shape index (κ1) is 18.9. The number of fused-ring (bicyclic) bond motifs is 4. The molecule has 4 aliphatic carbocycles. The second kappa shape index (κ2) is 4.97. The predicted molar refractivity (Wildman–Crippen MR) is 86.4 cm³/mol. The Labute approximate surface area is 161 Å². The van der Waals surface area contributed by atoms with Gasteiger partial charge in [-0.15, -0.1) is 0 Å². The number of hydrogen-bond donors (Lipinski definition) is 1. The molecular formula is C18H17F6N3O2. The molecule has 1 spiro atoms. The van der Waals surface area contributed by atoms with Crippen molar-refractivity contribution in [1.29, 1.82) is 0 Å². The van der Waals surface area contributed by atoms with Crippen LogP contribution in [0.1, 0.15) is 54.6 Å². The zero-order valence-corrected chi connectivity index (χ0v) is 15.3. The molecule has 4 fully saturated rings. The first-order valence-electron chi connectivity index (χ1n) is 9.16. The van der Waals surface area contributed by atoms with Gasteiger partial charge in [0.1, 0.15) is 22.6 Å². The number of nitrogens with one attached hydrogen (secondary N) is 1. The number of methoxy groups -OCH3 is 1. The Bertz CT molecular complexity index is 939. The van der Waals surface area contributed by atoms with Crippen LogP contribution in [0.4, 0.5) is 32.3 Å². The molecule has 1 aromatic heterocycles. The van der Waals surface area contributed by atoms with Crippen LogP contribution in [-0.2, 0) is 10.9 Å². The Kier molecular flexibility index (Phi) is 3.25. The molecule has 4 aliphatic rings. The summed E-state index contributed by atoms with van der Waals surface area (Å²) in [5, 5.41) is 2.57. The molecular weight excluding hydrogens is 404 g/mol. The van der Waals surface area contributed by atoms with Crippen LogP contribution in [0.5, 0.6) is 0 Å². The van der Waals surface area contributed by atoms with Gasteiger partial charge in [0.05, 0.1) is 12.6 Å². The number of carbonyl (C=O) groups is 1. The molecule has 1 heterocycles. The first-order chi connectivity index (χ1) is 13.3. The van der Waals surface area contributed by atoms with E-state index in [1.807, 2.05) is 0 Å². The minimum atomic E-state index is -5.00. The fourth-order valence-corrected chi connectivity index (χ4v) is 6.74. The van der Waals surface area contributed by atoms with E-state index >= 15 is 13.2 Å². The highest BCUT2D eigenvalue weighted by molar-refractivity contribution is 5.90. The molecule has 5 nitrogen and oxygen atoms in total. The highest BCUT2D eigenvalue weighted by Crippen LogP contribution is 2.82. The average Bonchev–Trinajstić information content (AvgIpc) is 2.68. The molecule has 5 unspecified atom stereocenters. The van der Waals surface area contributed by atoms with E-state index < -0.39 is 70.2 Å². The van der Waals surface area contributed by atoms with Crippen LogP contribution in [-0.4, -0.2) is 45.6 Å². The van der Waals surface area contributed by atoms with Gasteiger partial charge in [-0.05, 0) is 19.3 Å². The molecule has 1 N–H and O–H groups in total. The van der Waals surface area contributed by atoms with Gasteiger partial charge in [0.2, 0.25) is 5.95 Å². The lowest BCUT2D eigenvalue weighted by Crippen LogP contribution is -2.80. The normalized spacial score (nSPS) is 44.4. The summed E-state index contributed by atoms with van der Waals surface area (Å²) >= 11 is 0. The summed E-state index contributed by atoms with van der Waals surface area (Å²) in [5.41, 5.74) is -11.1. The molecule has 0 aliphatic heterocycles. The predicted octanol–water partition coefficient (Wildman–Crippen LogP) is 3.94. The smallest absolute Gasteiger partial charge is 0.434 e. The summed E-state index contributed by atoms with van der Waals surface area (Å²) < 4.78 is 90.7. The van der Waals surface area contributed by atoms with Crippen molar-refractivity contribution in [3.63, 3.8) is 0 Å². The standard InChI is InChI=1S/C18H17F6N3O2/c1-29-11(28)9-2-25-12(26-10(9)18(22,23)24)27-16-5-13-3-14(19,7-16)6-15(20,4-13)8-17(13,16)21/h2H,3-8H2,1H3,(H,25,26,27). The number of halogens is 6. The van der Waals surface area contributed by atoms with Crippen LogP contribution in [0.2, 0.25) is 0 Å². The largest absolute Gasteiger partial charge is 0.465 e. The van der Waals surface area contributed by atoms with Gasteiger partial charge in [-0.25, -0.2) is 27.9 Å². The highest BCUT2D eigenvalue weighted by Gasteiger charge is 2.89. The maximum absolute atomic E-state index is 16.0. The first-order valence-corrected chi connectivity index (χ1v) is 9.16. The van der Waals surface area contributed by atoms with Crippen LogP contribution in [0.15, 0.2) is 6.20 Å². The summed E-state index contributed by atoms with van der Waals surface area (Å²) in [5.74, 6) is -1.86. The third-order valence-corrected chi connectivity index (χ3v) is 7.18. The van der Waals surface area contributed by atoms with Gasteiger partial charge < -0.3 is 10.1 Å². The quantitative estimate of drug-likeness (QED) is 0.592. The van der Waals surface area contributed by atoms with Crippen molar-refractivity contribution in [1.82, 2.24) is 9.97 Å². The molecule has 0 aromatic carbocycles. The van der Waals surface area contributed by atoms with Crippen LogP contribution in [0, 0.1) is 5.41 Å². The van der Waals surface area contributed by atoms with E-state index in [1.54, 1.807) is 0 Å². The number of aromatic nitrogens is 2. The lowest BCUT2D eigenvalue weighted by molar-refractivity contribution is -0.230. The van der Waals surface area contributed by atoms with Gasteiger partial charge in [-0.2, -0.15) is 13.2 Å². The number of rotatable bonds is 3. The summed E-state index contributed by atoms with van der Waals surface area (Å²) in [7, 11) is 0.913. The molecule has 29 heavy (non-hydrogen) atoms. The van der Waals surface area contributed by atoms with Gasteiger partial charge in [0.15, 0.2) is 5.69 Å². The SMILES string of the molecule is COC(=O)c1cnc(NC23CC4(F)CC5(F)CC(C4)(C2)C3(F)C5)nc1C(F)(F)F. The third-order valence-electron chi connectivity index (χ3n) is 7.18. The molecule has 4 saturated carbocycles. The minimum absolute atomic E-state index is 0.0818. The van der Waals surface area contributed by atoms with Crippen molar-refractivity contribution >= 4 is 11.9 Å². The van der Waals surface area contributed by atoms with Crippen LogP contribution < -0.4 is 5.32 Å². The highest BCUT2D eigenvalue weighted by atomic mass is 19.4. The molecule has 1 aromatic rings. The van der Waals surface area contributed by atoms with E-state index in [4.69, 9.17) is 0 Å². The van der Waals surface area contributed by atoms with Crippen molar-refractivity contribution < 1.29 is 35.9 Å². The topological polar surface area (TPSA) is 64.1 Å². The number of alkyl halides is 6. The van der Waals surface area contributed by atoms with Gasteiger partial charge in [-0.1, -0.05) is 0 Å². The molecule has 0 amide bonds. The Morgan fingerprint density at radius 3 is 2.34 bits per heavy atom. The molecule has 11 heteroatoms. The number of nitrogens with zero attached hydrogens (tertiary/aromatic N) is 2. The van der Waals surface area contributed by atoms with E-state index in [0.717, 1.165) is 7.11 Å². The summed E-state index contributed by atoms with van der Waals surface area (Å²) in [4.78, 5) is 18.7. The third kappa shape index (κ3) is 2.21. The number of esters is 1. The minimum Gasteiger partial charge on any atom is -0.465 e. The maximum Gasteiger partial charge on any atom is 0.434 e. The Hall–Kier alpha value is -2.07. The maximum atomic E-state index is 16.0. The number of carbonyl (C=O) groups excluding carboxylic acids is 1. The monoisotopic (exact) mass is 421 g/mol. The average molecular weight is 421 g/mol. The number of anilines is 1. The second-order valence-electron chi connectivity index (χ2n) is 9.10. The fourth-order valence-electron chi connectivity index (χ4n) is 6.74. The Balaban J connectivity index is 1.54. The van der Waals surface area contributed by atoms with Crippen LogP contribution >= 0.6 is 0 Å². The lowest BCUT2D eigenvalue weighted by atomic mass is 9.39. The van der Waals surface area contributed by atoms with Crippen LogP contribution in [0.3, 0.4) is 0 Å². The van der Waals surface area contributed by atoms with Crippen molar-refractivity contribution in [2.24, 2.45) is 5.41 Å². The number of ether oxygens (including phenoxy) is 1. The van der Waals surface area contributed by atoms with Gasteiger partial charge in [-0.3, -0.25) is 0 Å². The van der Waals surface area contributed by atoms with Crippen molar-refractivity contribution in [2.45, 2.75) is 67.2 Å². The van der Waals surface area contributed by atoms with E-state index in [-0.39, 0.29) is 25.7 Å². The number of hydrogen-bond acceptors (Lipinski definition) is 5. The van der Waals surface area contributed by atoms with E-state index in [9.17, 15) is 18.0 Å². The Morgan fingerprint density at radius 1 is 1.07 bits per heavy atom. The van der Waals surface area contributed by atoms with Crippen molar-refractivity contribution in [3.8, 4) is 0 Å². The van der Waals surface area contributed by atoms with Crippen LogP contribution in [0.25, 0.3) is 0 Å². The molecule has 5 atom stereocenters. The Morgan fingerprint density at radius 2 is 1.72 bits per heavy atom. The molecule has 158 valence electrons. The van der Waals surface area contributed by atoms with Crippen molar-refractivity contribution in [2.75, 3.05) is 12.4 Å². The molecule has 0 radical (unpaired) electrons. The molecule has 5 rings (SSSR count). The van der Waals surface area contributed by atoms with Gasteiger partial charge in [0, 0.05) is 30.9 Å². The molecule has 4 bridgehead atoms. The zero-order chi connectivity index (χ0) is 21.1.